The van der Waals surface area contributed by atoms with E-state index in [2.05, 4.69) is 4.98 Å². The first-order valence-corrected chi connectivity index (χ1v) is 7.35. The number of carbonyl (C=O) groups is 2. The second-order valence-electron chi connectivity index (χ2n) is 5.28. The fourth-order valence-electron chi connectivity index (χ4n) is 2.61. The number of aromatic nitrogens is 1. The predicted molar refractivity (Wildman–Crippen MR) is 83.2 cm³/mol. The van der Waals surface area contributed by atoms with Gasteiger partial charge in [0, 0.05) is 22.3 Å². The fourth-order valence-corrected chi connectivity index (χ4v) is 2.61. The number of rotatable bonds is 2. The Hall–Kier alpha value is -2.93. The number of nitrogen functional groups attached to an aromatic ring is 1. The fraction of sp³-hybridized carbons (Fsp3) is 0.235. The average molecular weight is 328 g/mol. The number of hydrogen-bond acceptors (Lipinski definition) is 7. The quantitative estimate of drug-likeness (QED) is 0.690. The second kappa shape index (κ2) is 7.56. The van der Waals surface area contributed by atoms with Crippen LogP contribution in [0.1, 0.15) is 30.2 Å². The van der Waals surface area contributed by atoms with Gasteiger partial charge in [-0.15, -0.1) is 0 Å². The predicted octanol–water partition coefficient (Wildman–Crippen LogP) is -0.771. The van der Waals surface area contributed by atoms with Gasteiger partial charge in [-0.05, 0) is 37.5 Å². The number of aryl methyl sites for hydroxylation is 1. The van der Waals surface area contributed by atoms with Crippen LogP contribution in [0.25, 0.3) is 10.9 Å². The molecule has 3 rings (SSSR count). The van der Waals surface area contributed by atoms with E-state index in [-0.39, 0.29) is 0 Å². The summed E-state index contributed by atoms with van der Waals surface area (Å²) in [5.41, 5.74) is 9.58. The Morgan fingerprint density at radius 2 is 1.83 bits per heavy atom. The minimum atomic E-state index is -1.55. The minimum absolute atomic E-state index is 0.384. The highest BCUT2D eigenvalue weighted by molar-refractivity contribution is 5.92. The number of nitrogens with zero attached hydrogens (tertiary/aromatic N) is 1. The number of hydrogen-bond donors (Lipinski definition) is 2. The van der Waals surface area contributed by atoms with Crippen LogP contribution >= 0.6 is 0 Å². The molecular formula is C17H16N2O5-2. The molecule has 0 spiro atoms. The van der Waals surface area contributed by atoms with E-state index >= 15 is 0 Å². The standard InChI is InChI=1S/C13H14N2O.C4H4O4/c14-13-8-4-1-2-5-9(8)15-10-6-3-7-11(16)12(10)13;5-3(6)1-2-4(7)8/h1-2,4-5,11,16H,3,6-7H2,(H2,14,15);1-2H,(H,5,6)(H,7,8)/p-2/b;2-1-. The molecule has 0 saturated heterocycles. The summed E-state index contributed by atoms with van der Waals surface area (Å²) in [7, 11) is 0. The zero-order chi connectivity index (χ0) is 17.7. The molecule has 1 aliphatic carbocycles. The van der Waals surface area contributed by atoms with Gasteiger partial charge in [-0.25, -0.2) is 0 Å². The van der Waals surface area contributed by atoms with Gasteiger partial charge in [0.1, 0.15) is 0 Å². The number of carboxylic acids is 2. The van der Waals surface area contributed by atoms with Crippen molar-refractivity contribution < 1.29 is 24.9 Å². The molecule has 0 saturated carbocycles. The number of aliphatic hydroxyl groups excluding tert-OH is 1. The van der Waals surface area contributed by atoms with E-state index in [1.807, 2.05) is 24.3 Å². The SMILES string of the molecule is Nc1c2c(nc3ccccc13)CCCC2O.O=C([O-])/C=C\C(=O)[O-]. The van der Waals surface area contributed by atoms with Gasteiger partial charge in [-0.1, -0.05) is 18.2 Å². The van der Waals surface area contributed by atoms with Gasteiger partial charge in [-0.3, -0.25) is 4.98 Å². The van der Waals surface area contributed by atoms with Crippen molar-refractivity contribution >= 4 is 28.5 Å². The molecule has 2 aromatic rings. The van der Waals surface area contributed by atoms with Crippen LogP contribution in [-0.4, -0.2) is 22.0 Å². The van der Waals surface area contributed by atoms with Gasteiger partial charge in [-0.2, -0.15) is 0 Å². The highest BCUT2D eigenvalue weighted by atomic mass is 16.4. The number of carboxylic acid groups (broad SMARTS) is 2. The molecule has 0 bridgehead atoms. The number of nitrogens with two attached hydrogens (primary N) is 1. The monoisotopic (exact) mass is 328 g/mol. The lowest BCUT2D eigenvalue weighted by Gasteiger charge is -2.23. The summed E-state index contributed by atoms with van der Waals surface area (Å²) in [6.45, 7) is 0. The van der Waals surface area contributed by atoms with Crippen molar-refractivity contribution in [3.8, 4) is 0 Å². The number of pyridine rings is 1. The molecule has 1 unspecified atom stereocenters. The number of para-hydroxylation sites is 1. The van der Waals surface area contributed by atoms with Crippen molar-refractivity contribution in [1.29, 1.82) is 0 Å². The Morgan fingerprint density at radius 1 is 1.21 bits per heavy atom. The highest BCUT2D eigenvalue weighted by Crippen LogP contribution is 2.36. The number of aliphatic carboxylic acids is 2. The highest BCUT2D eigenvalue weighted by Gasteiger charge is 2.23. The molecule has 0 amide bonds. The molecule has 1 aromatic carbocycles. The van der Waals surface area contributed by atoms with Crippen molar-refractivity contribution in [1.82, 2.24) is 4.98 Å². The third kappa shape index (κ3) is 4.08. The zero-order valence-electron chi connectivity index (χ0n) is 12.8. The molecule has 0 radical (unpaired) electrons. The molecule has 1 aliphatic rings. The van der Waals surface area contributed by atoms with Gasteiger partial charge >= 0.3 is 0 Å². The summed E-state index contributed by atoms with van der Waals surface area (Å²) < 4.78 is 0. The van der Waals surface area contributed by atoms with E-state index < -0.39 is 18.0 Å². The first kappa shape index (κ1) is 17.4. The zero-order valence-corrected chi connectivity index (χ0v) is 12.8. The van der Waals surface area contributed by atoms with Crippen molar-refractivity contribution in [2.45, 2.75) is 25.4 Å². The molecule has 1 heterocycles. The largest absolute Gasteiger partial charge is 0.545 e. The molecule has 24 heavy (non-hydrogen) atoms. The van der Waals surface area contributed by atoms with Gasteiger partial charge < -0.3 is 30.6 Å². The number of carbonyl (C=O) groups excluding carboxylic acids is 2. The first-order valence-electron chi connectivity index (χ1n) is 7.35. The second-order valence-corrected chi connectivity index (χ2v) is 5.28. The van der Waals surface area contributed by atoms with Gasteiger partial charge in [0.2, 0.25) is 0 Å². The maximum absolute atomic E-state index is 9.98. The summed E-state index contributed by atoms with van der Waals surface area (Å²) in [5.74, 6) is -3.09. The van der Waals surface area contributed by atoms with Crippen LogP contribution in [0.3, 0.4) is 0 Å². The normalized spacial score (nSPS) is 16.3. The third-order valence-corrected chi connectivity index (χ3v) is 3.63. The van der Waals surface area contributed by atoms with Crippen molar-refractivity contribution in [2.75, 3.05) is 5.73 Å². The lowest BCUT2D eigenvalue weighted by Crippen LogP contribution is -2.23. The topological polar surface area (TPSA) is 139 Å². The Balaban J connectivity index is 0.000000224. The Bertz CT molecular complexity index is 785. The third-order valence-electron chi connectivity index (χ3n) is 3.63. The molecular weight excluding hydrogens is 312 g/mol. The van der Waals surface area contributed by atoms with Gasteiger partial charge in [0.25, 0.3) is 0 Å². The van der Waals surface area contributed by atoms with Crippen LogP contribution in [0.4, 0.5) is 5.69 Å². The lowest BCUT2D eigenvalue weighted by atomic mass is 9.90. The molecule has 1 aromatic heterocycles. The van der Waals surface area contributed by atoms with E-state index in [1.165, 1.54) is 0 Å². The minimum Gasteiger partial charge on any atom is -0.545 e. The maximum atomic E-state index is 9.98. The van der Waals surface area contributed by atoms with Crippen LogP contribution in [0.15, 0.2) is 36.4 Å². The van der Waals surface area contributed by atoms with Gasteiger partial charge in [0.05, 0.1) is 23.6 Å². The summed E-state index contributed by atoms with van der Waals surface area (Å²) in [6.07, 6.45) is 3.02. The Morgan fingerprint density at radius 3 is 2.46 bits per heavy atom. The van der Waals surface area contributed by atoms with Gasteiger partial charge in [0.15, 0.2) is 0 Å². The van der Waals surface area contributed by atoms with Crippen molar-refractivity contribution in [3.05, 3.63) is 47.7 Å². The number of aliphatic hydroxyl groups is 1. The van der Waals surface area contributed by atoms with E-state index in [0.29, 0.717) is 17.8 Å². The smallest absolute Gasteiger partial charge is 0.0828 e. The molecule has 126 valence electrons. The van der Waals surface area contributed by atoms with Crippen LogP contribution in [-0.2, 0) is 16.0 Å². The first-order chi connectivity index (χ1) is 11.4. The van der Waals surface area contributed by atoms with Crippen molar-refractivity contribution in [2.24, 2.45) is 0 Å². The van der Waals surface area contributed by atoms with E-state index in [9.17, 15) is 24.9 Å². The number of benzene rings is 1. The van der Waals surface area contributed by atoms with Crippen LogP contribution < -0.4 is 15.9 Å². The maximum Gasteiger partial charge on any atom is 0.0828 e. The average Bonchev–Trinajstić information content (AvgIpc) is 2.54. The van der Waals surface area contributed by atoms with E-state index in [1.54, 1.807) is 0 Å². The van der Waals surface area contributed by atoms with Crippen LogP contribution in [0.5, 0.6) is 0 Å². The molecule has 3 N–H and O–H groups in total. The van der Waals surface area contributed by atoms with Crippen LogP contribution in [0, 0.1) is 0 Å². The molecule has 0 fully saturated rings. The number of fused-ring (bicyclic) bond motifs is 2. The van der Waals surface area contributed by atoms with E-state index in [0.717, 1.165) is 41.4 Å². The lowest BCUT2D eigenvalue weighted by molar-refractivity contribution is -0.301. The molecule has 1 atom stereocenters. The number of anilines is 1. The van der Waals surface area contributed by atoms with Crippen LogP contribution in [0.2, 0.25) is 0 Å². The molecule has 0 aliphatic heterocycles. The summed E-state index contributed by atoms with van der Waals surface area (Å²) in [4.78, 5) is 23.4. The summed E-state index contributed by atoms with van der Waals surface area (Å²) in [6, 6.07) is 7.83. The van der Waals surface area contributed by atoms with E-state index in [4.69, 9.17) is 5.73 Å². The molecule has 7 heteroatoms. The summed E-state index contributed by atoms with van der Waals surface area (Å²) >= 11 is 0. The summed E-state index contributed by atoms with van der Waals surface area (Å²) in [5, 5.41) is 29.8. The Labute approximate surface area is 138 Å². The van der Waals surface area contributed by atoms with Crippen molar-refractivity contribution in [3.63, 3.8) is 0 Å². The Kier molecular flexibility index (Phi) is 5.49. The molecule has 7 nitrogen and oxygen atoms in total.